The van der Waals surface area contributed by atoms with Crippen LogP contribution in [0.15, 0.2) is 11.8 Å². The molecule has 7 heteroatoms. The van der Waals surface area contributed by atoms with Gasteiger partial charge in [0.05, 0.1) is 13.7 Å². The minimum Gasteiger partial charge on any atom is -0.465 e. The van der Waals surface area contributed by atoms with Crippen molar-refractivity contribution in [2.45, 2.75) is 13.2 Å². The third-order valence-electron chi connectivity index (χ3n) is 1.97. The zero-order valence-corrected chi connectivity index (χ0v) is 10.4. The van der Waals surface area contributed by atoms with Gasteiger partial charge in [-0.25, -0.2) is 10.6 Å². The predicted octanol–water partition coefficient (Wildman–Crippen LogP) is -0.573. The summed E-state index contributed by atoms with van der Waals surface area (Å²) in [5.41, 5.74) is -0.138. The number of methoxy groups -OCH3 is 3. The van der Waals surface area contributed by atoms with Gasteiger partial charge in [-0.2, -0.15) is 0 Å². The van der Waals surface area contributed by atoms with Crippen molar-refractivity contribution in [1.29, 1.82) is 0 Å². The maximum absolute atomic E-state index is 11.3. The first kappa shape index (κ1) is 15.6. The second-order valence-corrected chi connectivity index (χ2v) is 3.19. The maximum atomic E-state index is 11.3. The van der Waals surface area contributed by atoms with Crippen LogP contribution in [0, 0.1) is 0 Å². The van der Waals surface area contributed by atoms with Gasteiger partial charge in [0.1, 0.15) is 5.57 Å². The Morgan fingerprint density at radius 3 is 2.18 bits per heavy atom. The van der Waals surface area contributed by atoms with Gasteiger partial charge in [0, 0.05) is 20.4 Å². The lowest BCUT2D eigenvalue weighted by Gasteiger charge is -2.20. The Balaban J connectivity index is 4.70. The van der Waals surface area contributed by atoms with Crippen LogP contribution in [0.1, 0.15) is 6.92 Å². The Morgan fingerprint density at radius 1 is 1.29 bits per heavy atom. The molecule has 0 radical (unpaired) electrons. The largest absolute Gasteiger partial charge is 0.465 e. The van der Waals surface area contributed by atoms with Gasteiger partial charge in [0.15, 0.2) is 12.1 Å². The van der Waals surface area contributed by atoms with Crippen molar-refractivity contribution >= 4 is 11.8 Å². The molecule has 0 aliphatic carbocycles. The Bertz CT molecular complexity index is 299. The van der Waals surface area contributed by atoms with Gasteiger partial charge in [0.2, 0.25) is 0 Å². The molecule has 0 saturated carbocycles. The highest BCUT2D eigenvalue weighted by atomic mass is 16.7. The summed E-state index contributed by atoms with van der Waals surface area (Å²) < 4.78 is 14.3. The van der Waals surface area contributed by atoms with Gasteiger partial charge < -0.3 is 19.2 Å². The summed E-state index contributed by atoms with van der Waals surface area (Å²) in [7, 11) is 4.10. The topological polar surface area (TPSA) is 91.1 Å². The van der Waals surface area contributed by atoms with Crippen molar-refractivity contribution in [3.63, 3.8) is 0 Å². The standard InChI is InChI=1S/C10H18N2O5/c1-7(13)8(10(14)17-4)5-12(11)6-9(15-2)16-3/h5,9H,6,11H2,1-4H3/b8-5-. The third-order valence-corrected chi connectivity index (χ3v) is 1.97. The number of carbonyl (C=O) groups excluding carboxylic acids is 2. The fraction of sp³-hybridized carbons (Fsp3) is 0.600. The number of hydrazine groups is 1. The summed E-state index contributed by atoms with van der Waals surface area (Å²) in [5.74, 6) is 4.43. The monoisotopic (exact) mass is 246 g/mol. The van der Waals surface area contributed by atoms with Crippen LogP contribution >= 0.6 is 0 Å². The van der Waals surface area contributed by atoms with Crippen LogP contribution in [-0.2, 0) is 23.8 Å². The molecule has 0 spiro atoms. The molecule has 0 aromatic heterocycles. The minimum atomic E-state index is -0.737. The first-order valence-electron chi connectivity index (χ1n) is 4.84. The zero-order valence-electron chi connectivity index (χ0n) is 10.4. The van der Waals surface area contributed by atoms with E-state index in [2.05, 4.69) is 4.74 Å². The molecule has 0 atom stereocenters. The van der Waals surface area contributed by atoms with Crippen molar-refractivity contribution < 1.29 is 23.8 Å². The quantitative estimate of drug-likeness (QED) is 0.122. The van der Waals surface area contributed by atoms with Crippen LogP contribution in [0.2, 0.25) is 0 Å². The van der Waals surface area contributed by atoms with Crippen molar-refractivity contribution in [3.05, 3.63) is 11.8 Å². The summed E-state index contributed by atoms with van der Waals surface area (Å²) in [6, 6.07) is 0. The molecule has 0 saturated heterocycles. The third kappa shape index (κ3) is 5.43. The van der Waals surface area contributed by atoms with E-state index >= 15 is 0 Å². The van der Waals surface area contributed by atoms with Crippen molar-refractivity contribution in [2.75, 3.05) is 27.9 Å². The maximum Gasteiger partial charge on any atom is 0.343 e. The van der Waals surface area contributed by atoms with E-state index in [0.29, 0.717) is 0 Å². The number of Topliss-reactive ketones (excluding diaryl/α,β-unsaturated/α-hetero) is 1. The van der Waals surface area contributed by atoms with Crippen LogP contribution in [0.25, 0.3) is 0 Å². The van der Waals surface area contributed by atoms with E-state index in [0.717, 1.165) is 5.01 Å². The second kappa shape index (κ2) is 7.77. The van der Waals surface area contributed by atoms with E-state index in [1.165, 1.54) is 34.5 Å². The molecular weight excluding hydrogens is 228 g/mol. The number of carbonyl (C=O) groups is 2. The summed E-state index contributed by atoms with van der Waals surface area (Å²) in [5, 5.41) is 1.13. The first-order valence-corrected chi connectivity index (χ1v) is 4.84. The van der Waals surface area contributed by atoms with E-state index in [1.807, 2.05) is 0 Å². The van der Waals surface area contributed by atoms with Crippen molar-refractivity contribution in [2.24, 2.45) is 5.84 Å². The molecule has 98 valence electrons. The smallest absolute Gasteiger partial charge is 0.343 e. The Morgan fingerprint density at radius 2 is 1.82 bits per heavy atom. The molecule has 0 amide bonds. The molecule has 0 bridgehead atoms. The van der Waals surface area contributed by atoms with Crippen LogP contribution in [-0.4, -0.2) is 50.9 Å². The highest BCUT2D eigenvalue weighted by Crippen LogP contribution is 2.02. The second-order valence-electron chi connectivity index (χ2n) is 3.19. The Hall–Kier alpha value is -1.44. The fourth-order valence-corrected chi connectivity index (χ4v) is 1.03. The van der Waals surface area contributed by atoms with Gasteiger partial charge in [-0.05, 0) is 6.92 Å². The summed E-state index contributed by atoms with van der Waals surface area (Å²) in [6.45, 7) is 1.42. The molecule has 2 N–H and O–H groups in total. The number of ketones is 1. The molecule has 0 aromatic rings. The number of nitrogens with zero attached hydrogens (tertiary/aromatic N) is 1. The average Bonchev–Trinajstić information content (AvgIpc) is 2.31. The summed E-state index contributed by atoms with van der Waals surface area (Å²) in [6.07, 6.45) is 0.640. The Kier molecular flexibility index (Phi) is 7.11. The number of nitrogens with two attached hydrogens (primary N) is 1. The van der Waals surface area contributed by atoms with Gasteiger partial charge in [0.25, 0.3) is 0 Å². The van der Waals surface area contributed by atoms with Crippen LogP contribution in [0.5, 0.6) is 0 Å². The lowest BCUT2D eigenvalue weighted by molar-refractivity contribution is -0.138. The number of hydrogen-bond acceptors (Lipinski definition) is 7. The number of ether oxygens (including phenoxy) is 3. The molecule has 7 nitrogen and oxygen atoms in total. The lowest BCUT2D eigenvalue weighted by Crippen LogP contribution is -2.36. The molecule has 0 heterocycles. The lowest BCUT2D eigenvalue weighted by atomic mass is 10.2. The highest BCUT2D eigenvalue weighted by Gasteiger charge is 2.17. The number of rotatable bonds is 7. The average molecular weight is 246 g/mol. The Labute approximate surface area is 100 Å². The fourth-order valence-electron chi connectivity index (χ4n) is 1.03. The molecule has 0 rings (SSSR count). The van der Waals surface area contributed by atoms with Gasteiger partial charge >= 0.3 is 5.97 Å². The normalized spacial score (nSPS) is 11.5. The molecule has 0 aromatic carbocycles. The van der Waals surface area contributed by atoms with Crippen molar-refractivity contribution in [3.8, 4) is 0 Å². The van der Waals surface area contributed by atoms with Gasteiger partial charge in [-0.1, -0.05) is 0 Å². The van der Waals surface area contributed by atoms with Gasteiger partial charge in [-0.15, -0.1) is 0 Å². The van der Waals surface area contributed by atoms with E-state index in [9.17, 15) is 9.59 Å². The molecule has 0 fully saturated rings. The summed E-state index contributed by atoms with van der Waals surface area (Å²) >= 11 is 0. The minimum absolute atomic E-state index is 0.138. The van der Waals surface area contributed by atoms with E-state index in [1.54, 1.807) is 0 Å². The van der Waals surface area contributed by atoms with Crippen LogP contribution in [0.4, 0.5) is 0 Å². The number of esters is 1. The molecular formula is C10H18N2O5. The van der Waals surface area contributed by atoms with Crippen LogP contribution in [0.3, 0.4) is 0 Å². The van der Waals surface area contributed by atoms with E-state index < -0.39 is 18.0 Å². The van der Waals surface area contributed by atoms with E-state index in [4.69, 9.17) is 15.3 Å². The highest BCUT2D eigenvalue weighted by molar-refractivity contribution is 6.16. The van der Waals surface area contributed by atoms with E-state index in [-0.39, 0.29) is 12.1 Å². The predicted molar refractivity (Wildman–Crippen MR) is 59.5 cm³/mol. The SMILES string of the molecule is COC(=O)/C(=C\N(N)CC(OC)OC)C(C)=O. The first-order chi connectivity index (χ1) is 7.96. The van der Waals surface area contributed by atoms with Crippen molar-refractivity contribution in [1.82, 2.24) is 5.01 Å². The summed E-state index contributed by atoms with van der Waals surface area (Å²) in [4.78, 5) is 22.4. The number of hydrogen-bond donors (Lipinski definition) is 1. The molecule has 0 aliphatic rings. The molecule has 0 aliphatic heterocycles. The molecule has 0 unspecified atom stereocenters. The van der Waals surface area contributed by atoms with Crippen LogP contribution < -0.4 is 5.84 Å². The van der Waals surface area contributed by atoms with Gasteiger partial charge in [-0.3, -0.25) is 4.79 Å². The zero-order chi connectivity index (χ0) is 13.4. The molecule has 17 heavy (non-hydrogen) atoms.